The Bertz CT molecular complexity index is 1270. The fourth-order valence-electron chi connectivity index (χ4n) is 3.74. The number of thioether (sulfide) groups is 1. The molecule has 2 aromatic carbocycles. The van der Waals surface area contributed by atoms with Crippen LogP contribution in [0.2, 0.25) is 0 Å². The lowest BCUT2D eigenvalue weighted by atomic mass is 10.0. The molecule has 1 N–H and O–H groups in total. The molecule has 0 spiro atoms. The molecule has 0 radical (unpaired) electrons. The van der Waals surface area contributed by atoms with Crippen LogP contribution in [0.5, 0.6) is 0 Å². The van der Waals surface area contributed by atoms with Gasteiger partial charge in [0, 0.05) is 29.1 Å². The zero-order valence-electron chi connectivity index (χ0n) is 18.2. The quantitative estimate of drug-likeness (QED) is 0.410. The number of carbonyl (C=O) groups is 1. The molecule has 32 heavy (non-hydrogen) atoms. The Morgan fingerprint density at radius 1 is 1.12 bits per heavy atom. The highest BCUT2D eigenvalue weighted by Gasteiger charge is 2.27. The predicted octanol–water partition coefficient (Wildman–Crippen LogP) is 4.94. The van der Waals surface area contributed by atoms with Crippen molar-refractivity contribution in [3.8, 4) is 22.6 Å². The summed E-state index contributed by atoms with van der Waals surface area (Å²) in [7, 11) is 0. The van der Waals surface area contributed by atoms with E-state index in [9.17, 15) is 4.79 Å². The molecule has 0 bridgehead atoms. The minimum Gasteiger partial charge on any atom is -0.352 e. The van der Waals surface area contributed by atoms with Gasteiger partial charge in [0.1, 0.15) is 0 Å². The van der Waals surface area contributed by atoms with Gasteiger partial charge in [-0.25, -0.2) is 4.98 Å². The fraction of sp³-hybridized carbons (Fsp3) is 0.280. The van der Waals surface area contributed by atoms with Gasteiger partial charge < -0.3 is 9.88 Å². The highest BCUT2D eigenvalue weighted by molar-refractivity contribution is 8.00. The Kier molecular flexibility index (Phi) is 5.66. The maximum Gasteiger partial charge on any atom is 0.233 e. The van der Waals surface area contributed by atoms with Gasteiger partial charge in [0.25, 0.3) is 0 Å². The van der Waals surface area contributed by atoms with Crippen molar-refractivity contribution < 1.29 is 4.79 Å². The third-order valence-corrected chi connectivity index (χ3v) is 6.72. The number of carbonyl (C=O) groups excluding carboxylic acids is 1. The van der Waals surface area contributed by atoms with Crippen LogP contribution in [0.15, 0.2) is 65.8 Å². The number of fused-ring (bicyclic) bond motifs is 1. The average molecular weight is 444 g/mol. The van der Waals surface area contributed by atoms with Gasteiger partial charge in [-0.1, -0.05) is 60.3 Å². The zero-order chi connectivity index (χ0) is 22.1. The molecular weight excluding hydrogens is 418 g/mol. The minimum atomic E-state index is -0.230. The van der Waals surface area contributed by atoms with Crippen molar-refractivity contribution in [3.05, 3.63) is 60.7 Å². The predicted molar refractivity (Wildman–Crippen MR) is 128 cm³/mol. The first-order valence-electron chi connectivity index (χ1n) is 11.0. The van der Waals surface area contributed by atoms with Gasteiger partial charge in [-0.15, -0.1) is 10.2 Å². The third kappa shape index (κ3) is 4.12. The van der Waals surface area contributed by atoms with E-state index >= 15 is 0 Å². The van der Waals surface area contributed by atoms with Crippen molar-refractivity contribution in [3.63, 3.8) is 0 Å². The topological polar surface area (TPSA) is 72.7 Å². The number of pyridine rings is 1. The first-order chi connectivity index (χ1) is 15.6. The molecule has 1 aliphatic rings. The summed E-state index contributed by atoms with van der Waals surface area (Å²) in [5, 5.41) is 13.7. The summed E-state index contributed by atoms with van der Waals surface area (Å²) < 4.78 is 2.09. The lowest BCUT2D eigenvalue weighted by Crippen LogP contribution is -2.32. The van der Waals surface area contributed by atoms with E-state index in [1.54, 1.807) is 0 Å². The number of hydrogen-bond donors (Lipinski definition) is 1. The molecule has 1 atom stereocenters. The summed E-state index contributed by atoms with van der Waals surface area (Å²) in [6.45, 7) is 4.71. The Hall–Kier alpha value is -3.19. The van der Waals surface area contributed by atoms with Crippen molar-refractivity contribution in [1.29, 1.82) is 0 Å². The minimum absolute atomic E-state index is 0.0606. The van der Waals surface area contributed by atoms with Gasteiger partial charge in [-0.3, -0.25) is 4.79 Å². The van der Waals surface area contributed by atoms with Crippen LogP contribution in [0.1, 0.15) is 26.7 Å². The first kappa shape index (κ1) is 20.7. The molecule has 7 heteroatoms. The van der Waals surface area contributed by atoms with E-state index in [4.69, 9.17) is 4.98 Å². The summed E-state index contributed by atoms with van der Waals surface area (Å²) in [6, 6.07) is 20.7. The van der Waals surface area contributed by atoms with E-state index in [1.807, 2.05) is 43.3 Å². The Morgan fingerprint density at radius 3 is 2.62 bits per heavy atom. The van der Waals surface area contributed by atoms with Crippen molar-refractivity contribution in [2.24, 2.45) is 0 Å². The fourth-order valence-corrected chi connectivity index (χ4v) is 4.66. The van der Waals surface area contributed by atoms with Crippen molar-refractivity contribution in [1.82, 2.24) is 25.1 Å². The lowest BCUT2D eigenvalue weighted by molar-refractivity contribution is -0.120. The van der Waals surface area contributed by atoms with E-state index < -0.39 is 0 Å². The normalized spacial score (nSPS) is 14.4. The Labute approximate surface area is 191 Å². The molecule has 1 amide bonds. The van der Waals surface area contributed by atoms with E-state index in [2.05, 4.69) is 51.3 Å². The van der Waals surface area contributed by atoms with E-state index in [0.717, 1.165) is 51.5 Å². The molecule has 1 aliphatic carbocycles. The molecule has 6 nitrogen and oxygen atoms in total. The molecule has 2 aromatic heterocycles. The molecule has 2 heterocycles. The third-order valence-electron chi connectivity index (χ3n) is 5.63. The van der Waals surface area contributed by atoms with Crippen LogP contribution in [-0.4, -0.2) is 36.9 Å². The van der Waals surface area contributed by atoms with Crippen LogP contribution in [0.3, 0.4) is 0 Å². The SMILES string of the molecule is CCn1c(SC(C)C(=O)NC2CC2)nnc1-c1cc(-c2ccccc2)nc2ccccc12. The molecule has 1 saturated carbocycles. The van der Waals surface area contributed by atoms with Gasteiger partial charge in [-0.05, 0) is 38.8 Å². The van der Waals surface area contributed by atoms with Crippen LogP contribution in [0.25, 0.3) is 33.5 Å². The van der Waals surface area contributed by atoms with E-state index in [1.165, 1.54) is 11.8 Å². The van der Waals surface area contributed by atoms with Crippen molar-refractivity contribution in [2.45, 2.75) is 49.7 Å². The Morgan fingerprint density at radius 2 is 1.88 bits per heavy atom. The number of amides is 1. The average Bonchev–Trinajstić information content (AvgIpc) is 3.56. The monoisotopic (exact) mass is 443 g/mol. The van der Waals surface area contributed by atoms with Gasteiger partial charge in [0.2, 0.25) is 5.91 Å². The first-order valence-corrected chi connectivity index (χ1v) is 11.9. The number of benzene rings is 2. The largest absolute Gasteiger partial charge is 0.352 e. The highest BCUT2D eigenvalue weighted by Crippen LogP contribution is 2.33. The summed E-state index contributed by atoms with van der Waals surface area (Å²) in [4.78, 5) is 17.3. The molecule has 1 unspecified atom stereocenters. The van der Waals surface area contributed by atoms with Crippen LogP contribution >= 0.6 is 11.8 Å². The number of hydrogen-bond acceptors (Lipinski definition) is 5. The summed E-state index contributed by atoms with van der Waals surface area (Å²) in [5.74, 6) is 0.853. The highest BCUT2D eigenvalue weighted by atomic mass is 32.2. The van der Waals surface area contributed by atoms with Gasteiger partial charge in [0.15, 0.2) is 11.0 Å². The lowest BCUT2D eigenvalue weighted by Gasteiger charge is -2.13. The smallest absolute Gasteiger partial charge is 0.233 e. The van der Waals surface area contributed by atoms with Crippen LogP contribution in [-0.2, 0) is 11.3 Å². The summed E-state index contributed by atoms with van der Waals surface area (Å²) >= 11 is 1.46. The van der Waals surface area contributed by atoms with Gasteiger partial charge in [0.05, 0.1) is 16.5 Å². The van der Waals surface area contributed by atoms with Crippen molar-refractivity contribution >= 4 is 28.6 Å². The Balaban J connectivity index is 1.55. The number of aromatic nitrogens is 4. The number of nitrogens with zero attached hydrogens (tertiary/aromatic N) is 4. The van der Waals surface area contributed by atoms with E-state index in [0.29, 0.717) is 12.6 Å². The summed E-state index contributed by atoms with van der Waals surface area (Å²) in [6.07, 6.45) is 2.16. The maximum absolute atomic E-state index is 12.5. The molecular formula is C25H25N5OS. The van der Waals surface area contributed by atoms with E-state index in [-0.39, 0.29) is 11.2 Å². The molecule has 0 saturated heterocycles. The number of para-hydroxylation sites is 1. The maximum atomic E-state index is 12.5. The zero-order valence-corrected chi connectivity index (χ0v) is 19.0. The molecule has 162 valence electrons. The number of nitrogens with one attached hydrogen (secondary N) is 1. The van der Waals surface area contributed by atoms with Crippen LogP contribution in [0, 0.1) is 0 Å². The number of rotatable bonds is 7. The summed E-state index contributed by atoms with van der Waals surface area (Å²) in [5.41, 5.74) is 3.87. The molecule has 0 aliphatic heterocycles. The molecule has 1 fully saturated rings. The second-order valence-electron chi connectivity index (χ2n) is 8.03. The second kappa shape index (κ2) is 8.74. The van der Waals surface area contributed by atoms with Gasteiger partial charge >= 0.3 is 0 Å². The van der Waals surface area contributed by atoms with Gasteiger partial charge in [-0.2, -0.15) is 0 Å². The van der Waals surface area contributed by atoms with Crippen molar-refractivity contribution in [2.75, 3.05) is 0 Å². The second-order valence-corrected chi connectivity index (χ2v) is 9.34. The molecule has 5 rings (SSSR count). The van der Waals surface area contributed by atoms with Crippen LogP contribution < -0.4 is 5.32 Å². The molecule has 4 aromatic rings. The standard InChI is InChI=1S/C25H25N5OS/c1-3-30-23(28-29-25(30)32-16(2)24(31)26-18-13-14-18)20-15-22(17-9-5-4-6-10-17)27-21-12-8-7-11-19(20)21/h4-12,15-16,18H,3,13-14H2,1-2H3,(H,26,31). The van der Waals surface area contributed by atoms with Crippen LogP contribution in [0.4, 0.5) is 0 Å².